The van der Waals surface area contributed by atoms with Crippen molar-refractivity contribution in [3.8, 4) is 0 Å². The zero-order valence-electron chi connectivity index (χ0n) is 18.3. The molecule has 2 aliphatic rings. The second kappa shape index (κ2) is 12.5. The van der Waals surface area contributed by atoms with Gasteiger partial charge in [-0.3, -0.25) is 4.99 Å². The molecule has 0 amide bonds. The highest BCUT2D eigenvalue weighted by Gasteiger charge is 2.22. The van der Waals surface area contributed by atoms with Crippen molar-refractivity contribution in [2.75, 3.05) is 63.8 Å². The minimum atomic E-state index is 0. The van der Waals surface area contributed by atoms with Crippen LogP contribution in [0.15, 0.2) is 23.5 Å². The van der Waals surface area contributed by atoms with Gasteiger partial charge in [-0.2, -0.15) is 0 Å². The molecule has 0 radical (unpaired) electrons. The maximum Gasteiger partial charge on any atom is 0.225 e. The molecular weight excluding hydrogens is 477 g/mol. The normalized spacial score (nSPS) is 23.6. The highest BCUT2D eigenvalue weighted by Crippen LogP contribution is 2.20. The largest absolute Gasteiger partial charge is 0.357 e. The molecule has 1 N–H and O–H groups in total. The smallest absolute Gasteiger partial charge is 0.225 e. The molecule has 1 aromatic rings. The fraction of sp³-hybridized carbons (Fsp3) is 0.762. The Kier molecular flexibility index (Phi) is 10.4. The summed E-state index contributed by atoms with van der Waals surface area (Å²) in [4.78, 5) is 20.9. The number of hydrogen-bond donors (Lipinski definition) is 1. The molecule has 29 heavy (non-hydrogen) atoms. The van der Waals surface area contributed by atoms with E-state index in [1.807, 2.05) is 18.5 Å². The summed E-state index contributed by atoms with van der Waals surface area (Å²) in [6.07, 6.45) is 6.12. The maximum atomic E-state index is 4.91. The fourth-order valence-electron chi connectivity index (χ4n) is 4.45. The number of aromatic nitrogens is 2. The quantitative estimate of drug-likeness (QED) is 0.272. The Morgan fingerprint density at radius 2 is 1.76 bits per heavy atom. The van der Waals surface area contributed by atoms with Crippen LogP contribution in [0.25, 0.3) is 0 Å². The molecule has 2 atom stereocenters. The van der Waals surface area contributed by atoms with Gasteiger partial charge in [0.2, 0.25) is 5.95 Å². The van der Waals surface area contributed by atoms with Crippen molar-refractivity contribution in [3.63, 3.8) is 0 Å². The van der Waals surface area contributed by atoms with Crippen molar-refractivity contribution in [3.05, 3.63) is 18.5 Å². The molecule has 0 aromatic carbocycles. The summed E-state index contributed by atoms with van der Waals surface area (Å²) in [6.45, 7) is 16.1. The van der Waals surface area contributed by atoms with Gasteiger partial charge in [0, 0.05) is 64.8 Å². The summed E-state index contributed by atoms with van der Waals surface area (Å²) in [5, 5.41) is 3.47. The Hall–Kier alpha value is -1.16. The van der Waals surface area contributed by atoms with Crippen molar-refractivity contribution >= 4 is 35.9 Å². The molecule has 0 spiro atoms. The number of piperidine rings is 1. The van der Waals surface area contributed by atoms with Crippen LogP contribution in [0.5, 0.6) is 0 Å². The SMILES string of the molecule is CCNC(=NCCCN1CC(C)CC(C)C1)N1CCN(c2ncccn2)CC1.I. The van der Waals surface area contributed by atoms with Gasteiger partial charge in [-0.1, -0.05) is 13.8 Å². The zero-order chi connectivity index (χ0) is 19.8. The number of hydrogen-bond acceptors (Lipinski definition) is 5. The van der Waals surface area contributed by atoms with Gasteiger partial charge in [0.1, 0.15) is 0 Å². The van der Waals surface area contributed by atoms with E-state index < -0.39 is 0 Å². The van der Waals surface area contributed by atoms with Gasteiger partial charge in [-0.25, -0.2) is 9.97 Å². The summed E-state index contributed by atoms with van der Waals surface area (Å²) in [5.41, 5.74) is 0. The van der Waals surface area contributed by atoms with Gasteiger partial charge in [0.05, 0.1) is 0 Å². The predicted octanol–water partition coefficient (Wildman–Crippen LogP) is 2.55. The highest BCUT2D eigenvalue weighted by atomic mass is 127. The Bertz CT molecular complexity index is 594. The van der Waals surface area contributed by atoms with Crippen LogP contribution in [-0.4, -0.2) is 84.6 Å². The monoisotopic (exact) mass is 515 g/mol. The number of halogens is 1. The number of rotatable bonds is 6. The van der Waals surface area contributed by atoms with Gasteiger partial charge in [-0.15, -0.1) is 24.0 Å². The van der Waals surface area contributed by atoms with E-state index in [1.165, 1.54) is 19.5 Å². The molecule has 8 heteroatoms. The number of guanidine groups is 1. The Morgan fingerprint density at radius 1 is 1.10 bits per heavy atom. The first-order chi connectivity index (χ1) is 13.7. The molecule has 2 unspecified atom stereocenters. The van der Waals surface area contributed by atoms with E-state index in [2.05, 4.69) is 50.8 Å². The first-order valence-electron chi connectivity index (χ1n) is 10.9. The van der Waals surface area contributed by atoms with Crippen LogP contribution >= 0.6 is 24.0 Å². The van der Waals surface area contributed by atoms with Gasteiger partial charge in [-0.05, 0) is 44.2 Å². The molecule has 3 heterocycles. The molecule has 164 valence electrons. The fourth-order valence-corrected chi connectivity index (χ4v) is 4.45. The summed E-state index contributed by atoms with van der Waals surface area (Å²) in [5.74, 6) is 3.54. The van der Waals surface area contributed by atoms with Crippen LogP contribution in [0.4, 0.5) is 5.95 Å². The standard InChI is InChI=1S/C21H37N7.HI/c1-4-22-20(25-9-6-10-26-16-18(2)15-19(3)17-26)27-11-13-28(14-12-27)21-23-7-5-8-24-21;/h5,7-8,18-19H,4,6,9-17H2,1-3H3,(H,22,25);1H. The topological polar surface area (TPSA) is 59.9 Å². The lowest BCUT2D eigenvalue weighted by Gasteiger charge is -2.36. The zero-order valence-corrected chi connectivity index (χ0v) is 20.6. The van der Waals surface area contributed by atoms with E-state index in [-0.39, 0.29) is 24.0 Å². The van der Waals surface area contributed by atoms with Gasteiger partial charge in [0.25, 0.3) is 0 Å². The van der Waals surface area contributed by atoms with E-state index in [4.69, 9.17) is 4.99 Å². The first-order valence-corrected chi connectivity index (χ1v) is 10.9. The minimum Gasteiger partial charge on any atom is -0.357 e. The van der Waals surface area contributed by atoms with Crippen molar-refractivity contribution in [2.24, 2.45) is 16.8 Å². The summed E-state index contributed by atoms with van der Waals surface area (Å²) >= 11 is 0. The van der Waals surface area contributed by atoms with E-state index in [0.29, 0.717) is 0 Å². The molecule has 2 saturated heterocycles. The molecule has 7 nitrogen and oxygen atoms in total. The molecule has 2 fully saturated rings. The van der Waals surface area contributed by atoms with Gasteiger partial charge >= 0.3 is 0 Å². The van der Waals surface area contributed by atoms with Crippen molar-refractivity contribution < 1.29 is 0 Å². The third kappa shape index (κ3) is 7.55. The van der Waals surface area contributed by atoms with Crippen molar-refractivity contribution in [2.45, 2.75) is 33.6 Å². The highest BCUT2D eigenvalue weighted by molar-refractivity contribution is 14.0. The minimum absolute atomic E-state index is 0. The average Bonchev–Trinajstić information content (AvgIpc) is 2.70. The predicted molar refractivity (Wildman–Crippen MR) is 131 cm³/mol. The Labute approximate surface area is 193 Å². The van der Waals surface area contributed by atoms with E-state index in [0.717, 1.165) is 76.0 Å². The molecule has 0 saturated carbocycles. The third-order valence-corrected chi connectivity index (χ3v) is 5.59. The van der Waals surface area contributed by atoms with Gasteiger partial charge < -0.3 is 20.0 Å². The number of aliphatic imine (C=N–C) groups is 1. The lowest BCUT2D eigenvalue weighted by Crippen LogP contribution is -2.53. The van der Waals surface area contributed by atoms with E-state index in [9.17, 15) is 0 Å². The summed E-state index contributed by atoms with van der Waals surface area (Å²) in [7, 11) is 0. The molecule has 0 bridgehead atoms. The van der Waals surface area contributed by atoms with Crippen LogP contribution in [0.1, 0.15) is 33.6 Å². The van der Waals surface area contributed by atoms with Crippen LogP contribution in [-0.2, 0) is 0 Å². The van der Waals surface area contributed by atoms with E-state index >= 15 is 0 Å². The first kappa shape index (κ1) is 24.1. The number of nitrogens with one attached hydrogen (secondary N) is 1. The maximum absolute atomic E-state index is 4.91. The molecular formula is C21H38IN7. The summed E-state index contributed by atoms with van der Waals surface area (Å²) < 4.78 is 0. The second-order valence-electron chi connectivity index (χ2n) is 8.32. The number of nitrogens with zero attached hydrogens (tertiary/aromatic N) is 6. The van der Waals surface area contributed by atoms with Crippen LogP contribution < -0.4 is 10.2 Å². The van der Waals surface area contributed by atoms with Crippen molar-refractivity contribution in [1.29, 1.82) is 0 Å². The third-order valence-electron chi connectivity index (χ3n) is 5.59. The molecule has 0 aliphatic carbocycles. The van der Waals surface area contributed by atoms with Crippen molar-refractivity contribution in [1.82, 2.24) is 25.1 Å². The average molecular weight is 515 g/mol. The lowest BCUT2D eigenvalue weighted by molar-refractivity contribution is 0.140. The number of anilines is 1. The number of piperazine rings is 1. The van der Waals surface area contributed by atoms with E-state index in [1.54, 1.807) is 0 Å². The Morgan fingerprint density at radius 3 is 2.38 bits per heavy atom. The lowest BCUT2D eigenvalue weighted by atomic mass is 9.92. The van der Waals surface area contributed by atoms with Gasteiger partial charge in [0.15, 0.2) is 5.96 Å². The number of likely N-dealkylation sites (tertiary alicyclic amines) is 1. The second-order valence-corrected chi connectivity index (χ2v) is 8.32. The molecule has 2 aliphatic heterocycles. The summed E-state index contributed by atoms with van der Waals surface area (Å²) in [6, 6.07) is 1.86. The van der Waals surface area contributed by atoms with Crippen LogP contribution in [0.2, 0.25) is 0 Å². The van der Waals surface area contributed by atoms with Crippen LogP contribution in [0, 0.1) is 11.8 Å². The Balaban J connectivity index is 0.00000300. The molecule has 1 aromatic heterocycles. The van der Waals surface area contributed by atoms with Crippen LogP contribution in [0.3, 0.4) is 0 Å². The molecule has 3 rings (SSSR count).